The van der Waals surface area contributed by atoms with E-state index in [1.165, 1.54) is 35.3 Å². The number of quaternary nitrogens is 1. The van der Waals surface area contributed by atoms with E-state index in [4.69, 9.17) is 5.11 Å². The molecule has 172 valence electrons. The van der Waals surface area contributed by atoms with E-state index in [0.29, 0.717) is 11.0 Å². The number of carboxylic acids is 1. The molecule has 1 heterocycles. The Morgan fingerprint density at radius 1 is 1.03 bits per heavy atom. The molecule has 0 spiro atoms. The van der Waals surface area contributed by atoms with E-state index in [0.717, 1.165) is 24.1 Å². The van der Waals surface area contributed by atoms with Gasteiger partial charge in [-0.15, -0.1) is 11.3 Å². The smallest absolute Gasteiger partial charge is 0.305 e. The molecule has 0 unspecified atom stereocenters. The number of hydrogen-bond donors (Lipinski definition) is 2. The van der Waals surface area contributed by atoms with Gasteiger partial charge in [0.1, 0.15) is 4.21 Å². The van der Waals surface area contributed by atoms with Crippen molar-refractivity contribution >= 4 is 27.3 Å². The molecule has 6 nitrogen and oxygen atoms in total. The lowest BCUT2D eigenvalue weighted by atomic mass is 10.0. The Kier molecular flexibility index (Phi) is 9.24. The van der Waals surface area contributed by atoms with Gasteiger partial charge in [-0.3, -0.25) is 4.79 Å². The Morgan fingerprint density at radius 3 is 2.19 bits per heavy atom. The van der Waals surface area contributed by atoms with Crippen molar-refractivity contribution in [3.63, 3.8) is 0 Å². The van der Waals surface area contributed by atoms with Gasteiger partial charge in [-0.05, 0) is 48.9 Å². The largest absolute Gasteiger partial charge is 0.481 e. The molecule has 0 saturated heterocycles. The average Bonchev–Trinajstić information content (AvgIpc) is 3.13. The first kappa shape index (κ1) is 25.5. The second kappa shape index (κ2) is 11.2. The van der Waals surface area contributed by atoms with Gasteiger partial charge < -0.3 is 9.59 Å². The number of likely N-dealkylation sites (N-methyl/N-ethyl adjacent to an activating group) is 1. The number of rotatable bonds is 13. The topological polar surface area (TPSA) is 83.5 Å². The highest BCUT2D eigenvalue weighted by Gasteiger charge is 2.27. The maximum Gasteiger partial charge on any atom is 0.305 e. The summed E-state index contributed by atoms with van der Waals surface area (Å²) in [6.07, 6.45) is 4.86. The molecule has 0 saturated carbocycles. The third-order valence-electron chi connectivity index (χ3n) is 4.91. The lowest BCUT2D eigenvalue weighted by molar-refractivity contribution is -0.871. The molecule has 1 aromatic heterocycles. The lowest BCUT2D eigenvalue weighted by Crippen LogP contribution is -2.49. The summed E-state index contributed by atoms with van der Waals surface area (Å²) in [4.78, 5) is 12.2. The molecular formula is C23H35N2O4S2+. The minimum atomic E-state index is -3.76. The molecule has 2 aromatic rings. The Balaban J connectivity index is 2.00. The number of carboxylic acid groups (broad SMARTS) is 1. The van der Waals surface area contributed by atoms with Crippen LogP contribution < -0.4 is 4.72 Å². The second-order valence-corrected chi connectivity index (χ2v) is 12.1. The highest BCUT2D eigenvalue weighted by atomic mass is 32.2. The summed E-state index contributed by atoms with van der Waals surface area (Å²) in [5, 5.41) is 9.15. The number of unbranched alkanes of at least 4 members (excludes halogenated alkanes) is 1. The predicted octanol–water partition coefficient (Wildman–Crippen LogP) is 3.70. The molecular weight excluding hydrogens is 432 g/mol. The van der Waals surface area contributed by atoms with Gasteiger partial charge in [0, 0.05) is 4.88 Å². The summed E-state index contributed by atoms with van der Waals surface area (Å²) in [7, 11) is 1.96. The third-order valence-corrected chi connectivity index (χ3v) is 8.07. The SMILES string of the molecule is CCCCc1ccc(CCc2ccc(S(=O)(=O)N[C@H](CC(=O)O)C[N+](C)(C)C)s2)cc1. The van der Waals surface area contributed by atoms with Crippen LogP contribution in [0.5, 0.6) is 0 Å². The Morgan fingerprint density at radius 2 is 1.65 bits per heavy atom. The standard InChI is InChI=1S/C23H34N2O4S2/c1-5-6-7-18-8-10-19(11-9-18)12-13-21-14-15-23(30-21)31(28,29)24-20(16-22(26)27)17-25(2,3)4/h8-11,14-15,20,24H,5-7,12-13,16-17H2,1-4H3/p+1/t20-/m1/s1. The third kappa shape index (κ3) is 9.11. The van der Waals surface area contributed by atoms with Crippen molar-refractivity contribution in [2.45, 2.75) is 55.7 Å². The van der Waals surface area contributed by atoms with E-state index in [9.17, 15) is 13.2 Å². The van der Waals surface area contributed by atoms with Gasteiger partial charge in [-0.2, -0.15) is 0 Å². The van der Waals surface area contributed by atoms with Crippen LogP contribution in [0.15, 0.2) is 40.6 Å². The molecule has 0 amide bonds. The molecule has 0 radical (unpaired) electrons. The van der Waals surface area contributed by atoms with Crippen LogP contribution in [0.25, 0.3) is 0 Å². The van der Waals surface area contributed by atoms with Gasteiger partial charge in [0.05, 0.1) is 40.2 Å². The fourth-order valence-corrected chi connectivity index (χ4v) is 6.05. The van der Waals surface area contributed by atoms with Gasteiger partial charge in [-0.25, -0.2) is 13.1 Å². The molecule has 0 bridgehead atoms. The van der Waals surface area contributed by atoms with Crippen LogP contribution in [-0.4, -0.2) is 57.7 Å². The van der Waals surface area contributed by atoms with Gasteiger partial charge in [0.15, 0.2) is 0 Å². The fraction of sp³-hybridized carbons (Fsp3) is 0.522. The molecule has 0 aliphatic heterocycles. The molecule has 1 atom stereocenters. The van der Waals surface area contributed by atoms with Crippen molar-refractivity contribution in [2.24, 2.45) is 0 Å². The van der Waals surface area contributed by atoms with E-state index in [2.05, 4.69) is 35.9 Å². The number of hydrogen-bond acceptors (Lipinski definition) is 4. The summed E-state index contributed by atoms with van der Waals surface area (Å²) in [5.41, 5.74) is 2.59. The number of thiophene rings is 1. The molecule has 2 N–H and O–H groups in total. The minimum Gasteiger partial charge on any atom is -0.481 e. The molecule has 8 heteroatoms. The van der Waals surface area contributed by atoms with E-state index in [1.807, 2.05) is 27.2 Å². The number of carbonyl (C=O) groups is 1. The van der Waals surface area contributed by atoms with E-state index in [1.54, 1.807) is 6.07 Å². The number of nitrogens with one attached hydrogen (secondary N) is 1. The van der Waals surface area contributed by atoms with Gasteiger partial charge in [-0.1, -0.05) is 37.6 Å². The van der Waals surface area contributed by atoms with Gasteiger partial charge in [0.25, 0.3) is 10.0 Å². The van der Waals surface area contributed by atoms with Crippen LogP contribution >= 0.6 is 11.3 Å². The molecule has 31 heavy (non-hydrogen) atoms. The highest BCUT2D eigenvalue weighted by molar-refractivity contribution is 7.91. The first-order valence-electron chi connectivity index (χ1n) is 10.7. The molecule has 2 rings (SSSR count). The van der Waals surface area contributed by atoms with Crippen LogP contribution in [0, 0.1) is 0 Å². The van der Waals surface area contributed by atoms with E-state index < -0.39 is 22.0 Å². The zero-order chi connectivity index (χ0) is 23.1. The number of aliphatic carboxylic acids is 1. The Labute approximate surface area is 190 Å². The van der Waals surface area contributed by atoms with Crippen molar-refractivity contribution in [1.29, 1.82) is 0 Å². The van der Waals surface area contributed by atoms with Crippen LogP contribution in [-0.2, 0) is 34.1 Å². The predicted molar refractivity (Wildman–Crippen MR) is 126 cm³/mol. The van der Waals surface area contributed by atoms with Gasteiger partial charge in [0.2, 0.25) is 0 Å². The molecule has 0 fully saturated rings. The average molecular weight is 468 g/mol. The molecule has 0 aliphatic carbocycles. The normalized spacial score (nSPS) is 13.3. The number of benzene rings is 1. The van der Waals surface area contributed by atoms with Crippen LogP contribution in [0.4, 0.5) is 0 Å². The van der Waals surface area contributed by atoms with Crippen molar-refractivity contribution in [1.82, 2.24) is 4.72 Å². The zero-order valence-corrected chi connectivity index (χ0v) is 20.6. The maximum atomic E-state index is 12.8. The highest BCUT2D eigenvalue weighted by Crippen LogP contribution is 2.24. The summed E-state index contributed by atoms with van der Waals surface area (Å²) < 4.78 is 28.9. The summed E-state index contributed by atoms with van der Waals surface area (Å²) in [6.45, 7) is 2.58. The van der Waals surface area contributed by atoms with Crippen molar-refractivity contribution in [3.8, 4) is 0 Å². The maximum absolute atomic E-state index is 12.8. The summed E-state index contributed by atoms with van der Waals surface area (Å²) in [5.74, 6) is -1.02. The van der Waals surface area contributed by atoms with Crippen molar-refractivity contribution in [3.05, 3.63) is 52.4 Å². The second-order valence-electron chi connectivity index (χ2n) is 9.03. The van der Waals surface area contributed by atoms with Crippen LogP contribution in [0.1, 0.15) is 42.2 Å². The van der Waals surface area contributed by atoms with Crippen LogP contribution in [0.3, 0.4) is 0 Å². The minimum absolute atomic E-state index is 0.231. The Bertz CT molecular complexity index is 945. The number of aryl methyl sites for hydroxylation is 3. The Hall–Kier alpha value is -1.74. The van der Waals surface area contributed by atoms with E-state index in [-0.39, 0.29) is 10.6 Å². The first-order valence-corrected chi connectivity index (χ1v) is 13.0. The quantitative estimate of drug-likeness (QED) is 0.440. The number of nitrogens with zero attached hydrogens (tertiary/aromatic N) is 1. The van der Waals surface area contributed by atoms with Crippen LogP contribution in [0.2, 0.25) is 0 Å². The molecule has 1 aromatic carbocycles. The van der Waals surface area contributed by atoms with Crippen molar-refractivity contribution < 1.29 is 22.8 Å². The fourth-order valence-electron chi connectivity index (χ4n) is 3.45. The summed E-state index contributed by atoms with van der Waals surface area (Å²) in [6, 6.07) is 11.4. The van der Waals surface area contributed by atoms with Gasteiger partial charge >= 0.3 is 5.97 Å². The monoisotopic (exact) mass is 467 g/mol. The van der Waals surface area contributed by atoms with E-state index >= 15 is 0 Å². The zero-order valence-electron chi connectivity index (χ0n) is 18.9. The summed E-state index contributed by atoms with van der Waals surface area (Å²) >= 11 is 1.25. The first-order chi connectivity index (χ1) is 14.5. The number of sulfonamides is 1. The van der Waals surface area contributed by atoms with Crippen molar-refractivity contribution in [2.75, 3.05) is 27.7 Å². The molecule has 0 aliphatic rings. The lowest BCUT2D eigenvalue weighted by Gasteiger charge is -2.28.